The molecule has 0 saturated carbocycles. The molecule has 1 saturated heterocycles. The highest BCUT2D eigenvalue weighted by atomic mass is 32.2. The molecule has 1 heterocycles. The van der Waals surface area contributed by atoms with Gasteiger partial charge < -0.3 is 5.11 Å². The van der Waals surface area contributed by atoms with Gasteiger partial charge in [-0.2, -0.15) is 0 Å². The van der Waals surface area contributed by atoms with Crippen molar-refractivity contribution in [3.8, 4) is 0 Å². The lowest BCUT2D eigenvalue weighted by Gasteiger charge is -1.99. The van der Waals surface area contributed by atoms with E-state index in [1.807, 2.05) is 36.0 Å². The molecule has 1 aliphatic heterocycles. The minimum absolute atomic E-state index is 0.103. The van der Waals surface area contributed by atoms with Crippen LogP contribution in [0, 0.1) is 0 Å². The molecule has 84 valence electrons. The van der Waals surface area contributed by atoms with Crippen molar-refractivity contribution in [3.63, 3.8) is 0 Å². The molecule has 3 heteroatoms. The van der Waals surface area contributed by atoms with Gasteiger partial charge in [-0.3, -0.25) is 4.79 Å². The van der Waals surface area contributed by atoms with E-state index in [0.29, 0.717) is 0 Å². The van der Waals surface area contributed by atoms with Gasteiger partial charge in [-0.25, -0.2) is 0 Å². The lowest BCUT2D eigenvalue weighted by atomic mass is 10.1. The van der Waals surface area contributed by atoms with Crippen LogP contribution in [0.2, 0.25) is 0 Å². The van der Waals surface area contributed by atoms with Crippen LogP contribution in [-0.2, 0) is 11.2 Å². The first-order valence-electron chi connectivity index (χ1n) is 5.38. The molecule has 0 bridgehead atoms. The molecule has 1 aliphatic rings. The quantitative estimate of drug-likeness (QED) is 0.872. The van der Waals surface area contributed by atoms with Crippen molar-refractivity contribution in [2.45, 2.75) is 19.3 Å². The number of carbonyl (C=O) groups is 1. The van der Waals surface area contributed by atoms with Crippen LogP contribution in [0.4, 0.5) is 0 Å². The molecule has 1 aromatic carbocycles. The first-order valence-corrected chi connectivity index (χ1v) is 6.37. The highest BCUT2D eigenvalue weighted by Gasteiger charge is 2.06. The third kappa shape index (κ3) is 3.14. The number of thioether (sulfide) groups is 1. The van der Waals surface area contributed by atoms with E-state index in [9.17, 15) is 4.79 Å². The maximum atomic E-state index is 10.5. The Labute approximate surface area is 99.4 Å². The standard InChI is InChI=1S/C13H14O2S/c14-13(15)9-11-5-3-10(4-6-11)8-12-2-1-7-16-12/h3-6,8H,1-2,7,9H2,(H,14,15)/b12-8-. The van der Waals surface area contributed by atoms with Crippen LogP contribution in [0.1, 0.15) is 24.0 Å². The van der Waals surface area contributed by atoms with Gasteiger partial charge in [0, 0.05) is 0 Å². The topological polar surface area (TPSA) is 37.3 Å². The average Bonchev–Trinajstić information content (AvgIpc) is 2.73. The van der Waals surface area contributed by atoms with Crippen molar-refractivity contribution >= 4 is 23.8 Å². The van der Waals surface area contributed by atoms with Crippen LogP contribution in [0.25, 0.3) is 6.08 Å². The molecule has 0 aliphatic carbocycles. The van der Waals surface area contributed by atoms with Crippen molar-refractivity contribution in [3.05, 3.63) is 40.3 Å². The monoisotopic (exact) mass is 234 g/mol. The summed E-state index contributed by atoms with van der Waals surface area (Å²) in [7, 11) is 0. The molecule has 2 rings (SSSR count). The summed E-state index contributed by atoms with van der Waals surface area (Å²) in [4.78, 5) is 12.0. The van der Waals surface area contributed by atoms with Gasteiger partial charge in [-0.1, -0.05) is 24.3 Å². The zero-order valence-electron chi connectivity index (χ0n) is 8.98. The van der Waals surface area contributed by atoms with Crippen LogP contribution in [0.5, 0.6) is 0 Å². The molecule has 1 aromatic rings. The summed E-state index contributed by atoms with van der Waals surface area (Å²) in [6.07, 6.45) is 4.75. The number of hydrogen-bond donors (Lipinski definition) is 1. The van der Waals surface area contributed by atoms with E-state index < -0.39 is 5.97 Å². The van der Waals surface area contributed by atoms with E-state index in [1.54, 1.807) is 0 Å². The van der Waals surface area contributed by atoms with Gasteiger partial charge >= 0.3 is 5.97 Å². The summed E-state index contributed by atoms with van der Waals surface area (Å²) in [6.45, 7) is 0. The fourth-order valence-corrected chi connectivity index (χ4v) is 2.79. The number of benzene rings is 1. The molecule has 0 unspecified atom stereocenters. The zero-order chi connectivity index (χ0) is 11.4. The Bertz CT molecular complexity index is 398. The van der Waals surface area contributed by atoms with E-state index in [4.69, 9.17) is 5.11 Å². The number of aliphatic carboxylic acids is 1. The molecule has 0 amide bonds. The number of allylic oxidation sites excluding steroid dienone is 1. The minimum Gasteiger partial charge on any atom is -0.481 e. The fourth-order valence-electron chi connectivity index (χ4n) is 1.73. The minimum atomic E-state index is -0.780. The van der Waals surface area contributed by atoms with Gasteiger partial charge in [0.2, 0.25) is 0 Å². The first kappa shape index (κ1) is 11.3. The smallest absolute Gasteiger partial charge is 0.307 e. The van der Waals surface area contributed by atoms with Crippen LogP contribution in [-0.4, -0.2) is 16.8 Å². The van der Waals surface area contributed by atoms with E-state index in [0.717, 1.165) is 5.56 Å². The zero-order valence-corrected chi connectivity index (χ0v) is 9.80. The number of carboxylic acid groups (broad SMARTS) is 1. The highest BCUT2D eigenvalue weighted by Crippen LogP contribution is 2.31. The molecular weight excluding hydrogens is 220 g/mol. The Morgan fingerprint density at radius 1 is 1.38 bits per heavy atom. The van der Waals surface area contributed by atoms with Crippen molar-refractivity contribution in [2.75, 3.05) is 5.75 Å². The van der Waals surface area contributed by atoms with Crippen molar-refractivity contribution < 1.29 is 9.90 Å². The molecule has 0 aromatic heterocycles. The first-order chi connectivity index (χ1) is 7.74. The number of carboxylic acids is 1. The van der Waals surface area contributed by atoms with Gasteiger partial charge in [0.1, 0.15) is 0 Å². The van der Waals surface area contributed by atoms with Crippen molar-refractivity contribution in [2.24, 2.45) is 0 Å². The number of hydrogen-bond acceptors (Lipinski definition) is 2. The summed E-state index contributed by atoms with van der Waals surface area (Å²) < 4.78 is 0. The van der Waals surface area contributed by atoms with Crippen LogP contribution in [0.15, 0.2) is 29.2 Å². The summed E-state index contributed by atoms with van der Waals surface area (Å²) in [5.41, 5.74) is 2.02. The third-order valence-corrected chi connectivity index (χ3v) is 3.70. The molecule has 0 atom stereocenters. The summed E-state index contributed by atoms with van der Waals surface area (Å²) in [5.74, 6) is 0.445. The van der Waals surface area contributed by atoms with Gasteiger partial charge in [-0.15, -0.1) is 11.8 Å². The molecule has 16 heavy (non-hydrogen) atoms. The predicted octanol–water partition coefficient (Wildman–Crippen LogP) is 3.18. The summed E-state index contributed by atoms with van der Waals surface area (Å²) in [5, 5.41) is 8.65. The van der Waals surface area contributed by atoms with E-state index in [-0.39, 0.29) is 6.42 Å². The van der Waals surface area contributed by atoms with Crippen LogP contribution >= 0.6 is 11.8 Å². The molecule has 2 nitrogen and oxygen atoms in total. The van der Waals surface area contributed by atoms with Crippen LogP contribution < -0.4 is 0 Å². The Kier molecular flexibility index (Phi) is 3.67. The Morgan fingerprint density at radius 2 is 2.12 bits per heavy atom. The summed E-state index contributed by atoms with van der Waals surface area (Å²) >= 11 is 1.92. The van der Waals surface area contributed by atoms with Crippen molar-refractivity contribution in [1.29, 1.82) is 0 Å². The van der Waals surface area contributed by atoms with Gasteiger partial charge in [-0.05, 0) is 40.7 Å². The Morgan fingerprint density at radius 3 is 2.69 bits per heavy atom. The van der Waals surface area contributed by atoms with Gasteiger partial charge in [0.05, 0.1) is 6.42 Å². The SMILES string of the molecule is O=C(O)Cc1ccc(/C=C2/CCCS2)cc1. The van der Waals surface area contributed by atoms with Crippen molar-refractivity contribution in [1.82, 2.24) is 0 Å². The van der Waals surface area contributed by atoms with Crippen LogP contribution in [0.3, 0.4) is 0 Å². The highest BCUT2D eigenvalue weighted by molar-refractivity contribution is 8.03. The third-order valence-electron chi connectivity index (χ3n) is 2.52. The van der Waals surface area contributed by atoms with Gasteiger partial charge in [0.15, 0.2) is 0 Å². The molecule has 1 fully saturated rings. The molecule has 0 spiro atoms. The lowest BCUT2D eigenvalue weighted by Crippen LogP contribution is -1.99. The van der Waals surface area contributed by atoms with E-state index >= 15 is 0 Å². The van der Waals surface area contributed by atoms with E-state index in [1.165, 1.54) is 29.1 Å². The average molecular weight is 234 g/mol. The number of rotatable bonds is 3. The van der Waals surface area contributed by atoms with Gasteiger partial charge in [0.25, 0.3) is 0 Å². The normalized spacial score (nSPS) is 17.9. The maximum Gasteiger partial charge on any atom is 0.307 e. The Balaban J connectivity index is 2.06. The molecular formula is C13H14O2S. The Hall–Kier alpha value is -1.22. The largest absolute Gasteiger partial charge is 0.481 e. The molecule has 0 radical (unpaired) electrons. The second-order valence-electron chi connectivity index (χ2n) is 3.87. The summed E-state index contributed by atoms with van der Waals surface area (Å²) in [6, 6.07) is 7.76. The predicted molar refractivity (Wildman–Crippen MR) is 67.5 cm³/mol. The second kappa shape index (κ2) is 5.21. The molecule has 1 N–H and O–H groups in total. The van der Waals surface area contributed by atoms with E-state index in [2.05, 4.69) is 6.08 Å². The lowest BCUT2D eigenvalue weighted by molar-refractivity contribution is -0.136. The maximum absolute atomic E-state index is 10.5. The fraction of sp³-hybridized carbons (Fsp3) is 0.308. The second-order valence-corrected chi connectivity index (χ2v) is 5.10.